The average Bonchev–Trinajstić information content (AvgIpc) is 3.21. The summed E-state index contributed by atoms with van der Waals surface area (Å²) in [7, 11) is 0. The van der Waals surface area contributed by atoms with Gasteiger partial charge in [0.25, 0.3) is 5.91 Å². The third-order valence-electron chi connectivity index (χ3n) is 4.96. The van der Waals surface area contributed by atoms with Crippen LogP contribution in [-0.2, 0) is 25.6 Å². The van der Waals surface area contributed by atoms with Gasteiger partial charge in [-0.15, -0.1) is 0 Å². The van der Waals surface area contributed by atoms with Crippen molar-refractivity contribution in [3.63, 3.8) is 0 Å². The van der Waals surface area contributed by atoms with Gasteiger partial charge in [-0.05, 0) is 49.3 Å². The fourth-order valence-electron chi connectivity index (χ4n) is 3.36. The van der Waals surface area contributed by atoms with Crippen molar-refractivity contribution >= 4 is 17.5 Å². The molecule has 3 rings (SSSR count). The van der Waals surface area contributed by atoms with Crippen molar-refractivity contribution in [1.29, 1.82) is 0 Å². The Morgan fingerprint density at radius 2 is 2.00 bits per heavy atom. The molecule has 2 aliphatic rings. The molecule has 0 radical (unpaired) electrons. The van der Waals surface area contributed by atoms with E-state index < -0.39 is 6.04 Å². The zero-order valence-electron chi connectivity index (χ0n) is 14.9. The van der Waals surface area contributed by atoms with Gasteiger partial charge in [0.2, 0.25) is 5.91 Å². The van der Waals surface area contributed by atoms with Crippen molar-refractivity contribution in [3.05, 3.63) is 29.8 Å². The number of nitrogens with one attached hydrogen (secondary N) is 2. The highest BCUT2D eigenvalue weighted by molar-refractivity contribution is 5.94. The van der Waals surface area contributed by atoms with E-state index in [0.29, 0.717) is 32.1 Å². The van der Waals surface area contributed by atoms with Crippen LogP contribution in [0.4, 0.5) is 5.69 Å². The predicted molar refractivity (Wildman–Crippen MR) is 97.4 cm³/mol. The number of benzene rings is 1. The van der Waals surface area contributed by atoms with Crippen molar-refractivity contribution in [1.82, 2.24) is 5.32 Å². The van der Waals surface area contributed by atoms with Gasteiger partial charge in [-0.25, -0.2) is 0 Å². The number of hydrogen-bond donors (Lipinski definition) is 3. The fourth-order valence-corrected chi connectivity index (χ4v) is 3.36. The van der Waals surface area contributed by atoms with Crippen LogP contribution in [0, 0.1) is 5.92 Å². The molecule has 2 fully saturated rings. The van der Waals surface area contributed by atoms with E-state index in [2.05, 4.69) is 10.6 Å². The first-order valence-corrected chi connectivity index (χ1v) is 9.26. The summed E-state index contributed by atoms with van der Waals surface area (Å²) in [5, 5.41) is 5.76. The molecule has 0 saturated carbocycles. The molecule has 7 heteroatoms. The Morgan fingerprint density at radius 3 is 2.73 bits per heavy atom. The number of carbonyl (C=O) groups excluding carboxylic acids is 2. The normalized spacial score (nSPS) is 22.0. The Hall–Kier alpha value is -1.96. The Labute approximate surface area is 153 Å². The lowest BCUT2D eigenvalue weighted by Gasteiger charge is -2.26. The van der Waals surface area contributed by atoms with E-state index in [-0.39, 0.29) is 23.8 Å². The summed E-state index contributed by atoms with van der Waals surface area (Å²) in [5.41, 5.74) is 7.69. The molecule has 1 aromatic carbocycles. The SMILES string of the molecule is NC(C(=O)NCc1cccc(NC(=O)C2CCCO2)c1)C1CCOCC1. The number of rotatable bonds is 6. The summed E-state index contributed by atoms with van der Waals surface area (Å²) >= 11 is 0. The Bertz CT molecular complexity index is 625. The van der Waals surface area contributed by atoms with Crippen LogP contribution in [0.5, 0.6) is 0 Å². The first-order valence-electron chi connectivity index (χ1n) is 9.26. The van der Waals surface area contributed by atoms with Crippen LogP contribution >= 0.6 is 0 Å². The molecule has 2 saturated heterocycles. The molecule has 4 N–H and O–H groups in total. The summed E-state index contributed by atoms with van der Waals surface area (Å²) in [6.07, 6.45) is 2.94. The van der Waals surface area contributed by atoms with Gasteiger partial charge in [-0.1, -0.05) is 12.1 Å². The Balaban J connectivity index is 1.50. The highest BCUT2D eigenvalue weighted by Crippen LogP contribution is 2.18. The van der Waals surface area contributed by atoms with Gasteiger partial charge in [0, 0.05) is 32.1 Å². The smallest absolute Gasteiger partial charge is 0.253 e. The summed E-state index contributed by atoms with van der Waals surface area (Å²) in [6.45, 7) is 2.34. The lowest BCUT2D eigenvalue weighted by atomic mass is 9.92. The van der Waals surface area contributed by atoms with Crippen LogP contribution in [0.1, 0.15) is 31.2 Å². The molecular weight excluding hydrogens is 334 g/mol. The number of amides is 2. The summed E-state index contributed by atoms with van der Waals surface area (Å²) in [4.78, 5) is 24.4. The van der Waals surface area contributed by atoms with E-state index in [0.717, 1.165) is 31.2 Å². The second-order valence-electron chi connectivity index (χ2n) is 6.88. The second-order valence-corrected chi connectivity index (χ2v) is 6.88. The average molecular weight is 361 g/mol. The molecule has 0 aromatic heterocycles. The van der Waals surface area contributed by atoms with Gasteiger partial charge in [0.05, 0.1) is 6.04 Å². The Morgan fingerprint density at radius 1 is 1.19 bits per heavy atom. The predicted octanol–water partition coefficient (Wildman–Crippen LogP) is 1.17. The van der Waals surface area contributed by atoms with Crippen LogP contribution in [-0.4, -0.2) is 43.8 Å². The van der Waals surface area contributed by atoms with Crippen molar-refractivity contribution in [2.24, 2.45) is 11.7 Å². The minimum atomic E-state index is -0.513. The topological polar surface area (TPSA) is 103 Å². The molecule has 2 amide bonds. The standard InChI is InChI=1S/C19H27N3O4/c20-17(14-6-9-25-10-7-14)19(24)21-12-13-3-1-4-15(11-13)22-18(23)16-5-2-8-26-16/h1,3-4,11,14,16-17H,2,5-10,12,20H2,(H,21,24)(H,22,23). The molecule has 1 aromatic rings. The molecule has 2 aliphatic heterocycles. The molecule has 2 unspecified atom stereocenters. The maximum atomic E-state index is 12.3. The van der Waals surface area contributed by atoms with Crippen molar-refractivity contribution < 1.29 is 19.1 Å². The molecule has 26 heavy (non-hydrogen) atoms. The first kappa shape index (κ1) is 18.8. The van der Waals surface area contributed by atoms with Crippen molar-refractivity contribution in [2.75, 3.05) is 25.1 Å². The van der Waals surface area contributed by atoms with Crippen LogP contribution < -0.4 is 16.4 Å². The van der Waals surface area contributed by atoms with Gasteiger partial charge >= 0.3 is 0 Å². The molecule has 0 spiro atoms. The van der Waals surface area contributed by atoms with Crippen LogP contribution in [0.3, 0.4) is 0 Å². The highest BCUT2D eigenvalue weighted by atomic mass is 16.5. The molecule has 2 atom stereocenters. The zero-order chi connectivity index (χ0) is 18.4. The van der Waals surface area contributed by atoms with Gasteiger partial charge < -0.3 is 25.8 Å². The van der Waals surface area contributed by atoms with E-state index in [4.69, 9.17) is 15.2 Å². The van der Waals surface area contributed by atoms with E-state index in [1.165, 1.54) is 0 Å². The summed E-state index contributed by atoms with van der Waals surface area (Å²) in [6, 6.07) is 6.92. The first-order chi connectivity index (χ1) is 12.6. The number of nitrogens with two attached hydrogens (primary N) is 1. The minimum Gasteiger partial charge on any atom is -0.381 e. The van der Waals surface area contributed by atoms with Crippen molar-refractivity contribution in [3.8, 4) is 0 Å². The van der Waals surface area contributed by atoms with E-state index >= 15 is 0 Å². The number of anilines is 1. The van der Waals surface area contributed by atoms with Gasteiger partial charge in [-0.2, -0.15) is 0 Å². The third kappa shape index (κ3) is 5.03. The second kappa shape index (κ2) is 9.12. The molecule has 2 heterocycles. The number of hydrogen-bond acceptors (Lipinski definition) is 5. The van der Waals surface area contributed by atoms with E-state index in [9.17, 15) is 9.59 Å². The zero-order valence-corrected chi connectivity index (χ0v) is 14.9. The van der Waals surface area contributed by atoms with Crippen LogP contribution in [0.2, 0.25) is 0 Å². The largest absolute Gasteiger partial charge is 0.381 e. The summed E-state index contributed by atoms with van der Waals surface area (Å²) < 4.78 is 10.7. The quantitative estimate of drug-likeness (QED) is 0.706. The van der Waals surface area contributed by atoms with Gasteiger partial charge in [0.15, 0.2) is 0 Å². The monoisotopic (exact) mass is 361 g/mol. The maximum absolute atomic E-state index is 12.3. The number of ether oxygens (including phenoxy) is 2. The lowest BCUT2D eigenvalue weighted by Crippen LogP contribution is -2.46. The minimum absolute atomic E-state index is 0.120. The molecule has 0 aliphatic carbocycles. The highest BCUT2D eigenvalue weighted by Gasteiger charge is 2.26. The summed E-state index contributed by atoms with van der Waals surface area (Å²) in [5.74, 6) is -0.100. The van der Waals surface area contributed by atoms with Gasteiger partial charge in [0.1, 0.15) is 6.10 Å². The third-order valence-corrected chi connectivity index (χ3v) is 4.96. The fraction of sp³-hybridized carbons (Fsp3) is 0.579. The Kier molecular flexibility index (Phi) is 6.60. The van der Waals surface area contributed by atoms with Crippen molar-refractivity contribution in [2.45, 2.75) is 44.4 Å². The maximum Gasteiger partial charge on any atom is 0.253 e. The van der Waals surface area contributed by atoms with Gasteiger partial charge in [-0.3, -0.25) is 9.59 Å². The molecule has 142 valence electrons. The van der Waals surface area contributed by atoms with Crippen LogP contribution in [0.25, 0.3) is 0 Å². The molecule has 7 nitrogen and oxygen atoms in total. The number of carbonyl (C=O) groups is 2. The van der Waals surface area contributed by atoms with E-state index in [1.807, 2.05) is 24.3 Å². The lowest BCUT2D eigenvalue weighted by molar-refractivity contribution is -0.125. The van der Waals surface area contributed by atoms with Crippen LogP contribution in [0.15, 0.2) is 24.3 Å². The molecular formula is C19H27N3O4. The van der Waals surface area contributed by atoms with E-state index in [1.54, 1.807) is 0 Å². The molecule has 0 bridgehead atoms.